The number of nitrogens with zero attached hydrogens (tertiary/aromatic N) is 2. The lowest BCUT2D eigenvalue weighted by Gasteiger charge is -2.28. The van der Waals surface area contributed by atoms with E-state index in [2.05, 4.69) is 230 Å². The highest BCUT2D eigenvalue weighted by Crippen LogP contribution is 2.43. The van der Waals surface area contributed by atoms with Crippen LogP contribution < -0.4 is 9.80 Å². The summed E-state index contributed by atoms with van der Waals surface area (Å²) >= 11 is 0. The second-order valence-corrected chi connectivity index (χ2v) is 14.1. The van der Waals surface area contributed by atoms with Crippen LogP contribution in [0.25, 0.3) is 44.5 Å². The van der Waals surface area contributed by atoms with E-state index in [0.717, 1.165) is 39.6 Å². The smallest absolute Gasteiger partial charge is 0.0546 e. The van der Waals surface area contributed by atoms with Crippen LogP contribution in [-0.2, 0) is 0 Å². The molecule has 0 atom stereocenters. The van der Waals surface area contributed by atoms with Crippen molar-refractivity contribution in [2.75, 3.05) is 9.80 Å². The van der Waals surface area contributed by atoms with E-state index in [1.807, 2.05) is 0 Å². The summed E-state index contributed by atoms with van der Waals surface area (Å²) in [7, 11) is 0. The highest BCUT2D eigenvalue weighted by Gasteiger charge is 2.18. The molecule has 0 aliphatic carbocycles. The number of anilines is 6. The molecule has 0 heterocycles. The highest BCUT2D eigenvalue weighted by molar-refractivity contribution is 6.14. The number of aryl methyl sites for hydroxylation is 2. The molecular formula is C52H40N2. The first kappa shape index (κ1) is 33.0. The molecular weight excluding hydrogens is 653 g/mol. The van der Waals surface area contributed by atoms with Crippen LogP contribution in [0.5, 0.6) is 0 Å². The van der Waals surface area contributed by atoms with Crippen molar-refractivity contribution in [3.05, 3.63) is 216 Å². The lowest BCUT2D eigenvalue weighted by Crippen LogP contribution is -2.11. The van der Waals surface area contributed by atoms with E-state index in [9.17, 15) is 0 Å². The Morgan fingerprint density at radius 1 is 0.315 bits per heavy atom. The Hall–Kier alpha value is -6.90. The van der Waals surface area contributed by atoms with Crippen LogP contribution >= 0.6 is 0 Å². The Bertz CT molecular complexity index is 2760. The topological polar surface area (TPSA) is 6.48 Å². The number of rotatable bonds is 8. The summed E-state index contributed by atoms with van der Waals surface area (Å²) in [5.74, 6) is 0. The maximum Gasteiger partial charge on any atom is 0.0546 e. The van der Waals surface area contributed by atoms with Crippen LogP contribution in [0.3, 0.4) is 0 Å². The molecule has 0 aromatic heterocycles. The number of hydrogen-bond acceptors (Lipinski definition) is 2. The lowest BCUT2D eigenvalue weighted by atomic mass is 9.98. The van der Waals surface area contributed by atoms with Gasteiger partial charge in [-0.2, -0.15) is 0 Å². The second kappa shape index (κ2) is 14.3. The molecule has 9 aromatic carbocycles. The average molecular weight is 693 g/mol. The van der Waals surface area contributed by atoms with Crippen molar-refractivity contribution < 1.29 is 0 Å². The second-order valence-electron chi connectivity index (χ2n) is 14.1. The number of fused-ring (bicyclic) bond motifs is 4. The van der Waals surface area contributed by atoms with Crippen molar-refractivity contribution in [3.8, 4) is 0 Å². The van der Waals surface area contributed by atoms with E-state index in [1.165, 1.54) is 49.1 Å². The molecule has 9 rings (SSSR count). The first-order valence-electron chi connectivity index (χ1n) is 18.6. The summed E-state index contributed by atoms with van der Waals surface area (Å²) in [5.41, 5.74) is 11.6. The van der Waals surface area contributed by atoms with Crippen LogP contribution in [0.4, 0.5) is 34.1 Å². The Labute approximate surface area is 317 Å². The minimum atomic E-state index is 1.12. The summed E-state index contributed by atoms with van der Waals surface area (Å²) in [6.07, 6.45) is 4.39. The van der Waals surface area contributed by atoms with Gasteiger partial charge in [0.2, 0.25) is 0 Å². The number of para-hydroxylation sites is 1. The first-order chi connectivity index (χ1) is 26.6. The van der Waals surface area contributed by atoms with Gasteiger partial charge in [-0.05, 0) is 130 Å². The van der Waals surface area contributed by atoms with Crippen LogP contribution in [0.1, 0.15) is 22.3 Å². The predicted octanol–water partition coefficient (Wildman–Crippen LogP) is 14.9. The fourth-order valence-corrected chi connectivity index (χ4v) is 7.73. The molecule has 2 heteroatoms. The molecule has 9 aromatic rings. The van der Waals surface area contributed by atoms with Crippen LogP contribution in [0, 0.1) is 13.8 Å². The predicted molar refractivity (Wildman–Crippen MR) is 233 cm³/mol. The Morgan fingerprint density at radius 3 is 1.48 bits per heavy atom. The van der Waals surface area contributed by atoms with Gasteiger partial charge in [-0.25, -0.2) is 0 Å². The Balaban J connectivity index is 1.04. The third-order valence-electron chi connectivity index (χ3n) is 10.2. The molecule has 0 spiro atoms. The largest absolute Gasteiger partial charge is 0.310 e. The number of benzene rings is 9. The van der Waals surface area contributed by atoms with Gasteiger partial charge in [-0.15, -0.1) is 0 Å². The van der Waals surface area contributed by atoms with Crippen LogP contribution in [0.2, 0.25) is 0 Å². The van der Waals surface area contributed by atoms with Crippen molar-refractivity contribution in [2.24, 2.45) is 0 Å². The van der Waals surface area contributed by atoms with E-state index in [4.69, 9.17) is 0 Å². The molecule has 0 radical (unpaired) electrons. The van der Waals surface area contributed by atoms with Gasteiger partial charge in [0.05, 0.1) is 5.69 Å². The van der Waals surface area contributed by atoms with Gasteiger partial charge in [0.25, 0.3) is 0 Å². The normalized spacial score (nSPS) is 11.4. The van der Waals surface area contributed by atoms with Gasteiger partial charge in [-0.3, -0.25) is 0 Å². The van der Waals surface area contributed by atoms with Crippen molar-refractivity contribution in [1.82, 2.24) is 0 Å². The maximum atomic E-state index is 2.41. The van der Waals surface area contributed by atoms with Gasteiger partial charge >= 0.3 is 0 Å². The van der Waals surface area contributed by atoms with E-state index < -0.39 is 0 Å². The van der Waals surface area contributed by atoms with E-state index in [-0.39, 0.29) is 0 Å². The van der Waals surface area contributed by atoms with E-state index in [0.29, 0.717) is 0 Å². The Kier molecular flexibility index (Phi) is 8.70. The molecule has 0 amide bonds. The minimum absolute atomic E-state index is 1.12. The van der Waals surface area contributed by atoms with Gasteiger partial charge < -0.3 is 9.80 Å². The Morgan fingerprint density at radius 2 is 0.815 bits per heavy atom. The SMILES string of the molecule is Cc1cc(C)cc(N(c2ccc(C=Cc3ccc(N(c4ccccc4)c4ccc5ccccc5c4)cc3)cc2)c2cc3ccccc3c3ccccc23)c1. The molecule has 54 heavy (non-hydrogen) atoms. The van der Waals surface area contributed by atoms with Crippen molar-refractivity contribution in [1.29, 1.82) is 0 Å². The molecule has 0 bridgehead atoms. The molecule has 0 N–H and O–H groups in total. The van der Waals surface area contributed by atoms with E-state index >= 15 is 0 Å². The first-order valence-corrected chi connectivity index (χ1v) is 18.6. The van der Waals surface area contributed by atoms with Crippen molar-refractivity contribution in [2.45, 2.75) is 13.8 Å². The molecule has 0 saturated carbocycles. The third kappa shape index (κ3) is 6.51. The number of hydrogen-bond donors (Lipinski definition) is 0. The lowest BCUT2D eigenvalue weighted by molar-refractivity contribution is 1.26. The van der Waals surface area contributed by atoms with Crippen molar-refractivity contribution >= 4 is 78.6 Å². The monoisotopic (exact) mass is 692 g/mol. The van der Waals surface area contributed by atoms with Crippen LogP contribution in [0.15, 0.2) is 194 Å². The van der Waals surface area contributed by atoms with Gasteiger partial charge in [0.1, 0.15) is 0 Å². The highest BCUT2D eigenvalue weighted by atomic mass is 15.1. The fourth-order valence-electron chi connectivity index (χ4n) is 7.73. The zero-order valence-electron chi connectivity index (χ0n) is 30.5. The molecule has 0 aliphatic rings. The molecule has 2 nitrogen and oxygen atoms in total. The summed E-state index contributed by atoms with van der Waals surface area (Å²) in [6, 6.07) is 70.1. The summed E-state index contributed by atoms with van der Waals surface area (Å²) in [5, 5.41) is 7.46. The molecule has 0 aliphatic heterocycles. The fraction of sp³-hybridized carbons (Fsp3) is 0.0385. The standard InChI is InChI=1S/C52H40N2/c1-37-32-38(2)34-48(33-37)54(52-36-43-14-8-9-17-49(43)50-18-10-11-19-51(50)52)46-29-24-40(25-30-46)21-20-39-22-27-45(28-23-39)53(44-15-4-3-5-16-44)47-31-26-41-12-6-7-13-42(41)35-47/h3-36H,1-2H3. The van der Waals surface area contributed by atoms with Crippen molar-refractivity contribution in [3.63, 3.8) is 0 Å². The molecule has 0 fully saturated rings. The molecule has 258 valence electrons. The summed E-state index contributed by atoms with van der Waals surface area (Å²) in [6.45, 7) is 4.35. The van der Waals surface area contributed by atoms with Gasteiger partial charge in [0.15, 0.2) is 0 Å². The summed E-state index contributed by atoms with van der Waals surface area (Å²) < 4.78 is 0. The minimum Gasteiger partial charge on any atom is -0.310 e. The summed E-state index contributed by atoms with van der Waals surface area (Å²) in [4.78, 5) is 4.73. The molecule has 0 unspecified atom stereocenters. The quantitative estimate of drug-likeness (QED) is 0.116. The van der Waals surface area contributed by atoms with Gasteiger partial charge in [0, 0.05) is 33.8 Å². The maximum absolute atomic E-state index is 2.41. The van der Waals surface area contributed by atoms with Gasteiger partial charge in [-0.1, -0.05) is 140 Å². The average Bonchev–Trinajstić information content (AvgIpc) is 3.21. The van der Waals surface area contributed by atoms with E-state index in [1.54, 1.807) is 0 Å². The third-order valence-corrected chi connectivity index (χ3v) is 10.2. The van der Waals surface area contributed by atoms with Crippen LogP contribution in [-0.4, -0.2) is 0 Å². The molecule has 0 saturated heterocycles. The zero-order chi connectivity index (χ0) is 36.4. The zero-order valence-corrected chi connectivity index (χ0v) is 30.5.